The van der Waals surface area contributed by atoms with Gasteiger partial charge >= 0.3 is 6.09 Å². The number of carbonyl (C=O) groups is 1. The number of hydrogen-bond donors (Lipinski definition) is 1. The fourth-order valence-corrected chi connectivity index (χ4v) is 3.01. The highest BCUT2D eigenvalue weighted by atomic mass is 16.5. The highest BCUT2D eigenvalue weighted by Crippen LogP contribution is 2.26. The molecule has 0 bridgehead atoms. The van der Waals surface area contributed by atoms with E-state index in [0.29, 0.717) is 6.61 Å². The van der Waals surface area contributed by atoms with Crippen molar-refractivity contribution >= 4 is 6.09 Å². The van der Waals surface area contributed by atoms with Crippen LogP contribution in [0.1, 0.15) is 56.9 Å². The van der Waals surface area contributed by atoms with E-state index in [1.165, 1.54) is 44.9 Å². The van der Waals surface area contributed by atoms with Gasteiger partial charge in [0, 0.05) is 6.54 Å². The Balaban J connectivity index is 1.52. The second kappa shape index (κ2) is 9.43. The smallest absolute Gasteiger partial charge is 0.407 e. The first-order chi connectivity index (χ1) is 10.3. The molecule has 0 unspecified atom stereocenters. The number of ether oxygens (including phenoxy) is 1. The Labute approximate surface area is 128 Å². The minimum absolute atomic E-state index is 0.306. The molecule has 1 aromatic carbocycles. The van der Waals surface area contributed by atoms with Crippen LogP contribution in [0.4, 0.5) is 4.79 Å². The van der Waals surface area contributed by atoms with Crippen molar-refractivity contribution in [2.24, 2.45) is 5.92 Å². The molecule has 1 amide bonds. The molecule has 116 valence electrons. The molecular weight excluding hydrogens is 262 g/mol. The van der Waals surface area contributed by atoms with Gasteiger partial charge in [-0.1, -0.05) is 68.9 Å². The van der Waals surface area contributed by atoms with E-state index in [-0.39, 0.29) is 6.09 Å². The average Bonchev–Trinajstić information content (AvgIpc) is 2.79. The lowest BCUT2D eigenvalue weighted by Crippen LogP contribution is -2.25. The molecule has 1 N–H and O–H groups in total. The predicted octanol–water partition coefficient (Wildman–Crippen LogP) is 4.66. The average molecular weight is 289 g/mol. The largest absolute Gasteiger partial charge is 0.445 e. The van der Waals surface area contributed by atoms with Crippen molar-refractivity contribution in [3.63, 3.8) is 0 Å². The number of alkyl carbamates (subject to hydrolysis) is 1. The molecule has 0 aliphatic heterocycles. The fraction of sp³-hybridized carbons (Fsp3) is 0.611. The Kier molecular flexibility index (Phi) is 7.13. The third-order valence-corrected chi connectivity index (χ3v) is 4.25. The summed E-state index contributed by atoms with van der Waals surface area (Å²) < 4.78 is 5.19. The Morgan fingerprint density at radius 2 is 1.81 bits per heavy atom. The summed E-state index contributed by atoms with van der Waals surface area (Å²) in [5.74, 6) is 0.870. The standard InChI is InChI=1S/C18H27NO2/c20-18(21-15-17-11-6-3-7-12-17)19-14-8-13-16-9-4-1-2-5-10-16/h3,6-7,11-12,16H,1-2,4-5,8-10,13-15H2,(H,19,20). The van der Waals surface area contributed by atoms with Gasteiger partial charge in [0.2, 0.25) is 0 Å². The van der Waals surface area contributed by atoms with Crippen molar-refractivity contribution in [1.82, 2.24) is 5.32 Å². The van der Waals surface area contributed by atoms with E-state index in [1.807, 2.05) is 30.3 Å². The van der Waals surface area contributed by atoms with Crippen molar-refractivity contribution in [3.05, 3.63) is 35.9 Å². The topological polar surface area (TPSA) is 38.3 Å². The van der Waals surface area contributed by atoms with Gasteiger partial charge in [-0.25, -0.2) is 4.79 Å². The molecule has 0 spiro atoms. The summed E-state index contributed by atoms with van der Waals surface area (Å²) in [6.07, 6.45) is 10.3. The Morgan fingerprint density at radius 3 is 2.52 bits per heavy atom. The Morgan fingerprint density at radius 1 is 1.10 bits per heavy atom. The molecule has 1 aliphatic rings. The minimum Gasteiger partial charge on any atom is -0.445 e. The van der Waals surface area contributed by atoms with Gasteiger partial charge in [0.1, 0.15) is 6.61 Å². The predicted molar refractivity (Wildman–Crippen MR) is 85.1 cm³/mol. The molecule has 0 aromatic heterocycles. The quantitative estimate of drug-likeness (QED) is 0.611. The molecule has 2 rings (SSSR count). The molecule has 0 saturated heterocycles. The van der Waals surface area contributed by atoms with Crippen LogP contribution in [0.3, 0.4) is 0 Å². The van der Waals surface area contributed by atoms with Crippen LogP contribution in [0.25, 0.3) is 0 Å². The lowest BCUT2D eigenvalue weighted by molar-refractivity contribution is 0.139. The van der Waals surface area contributed by atoms with Gasteiger partial charge in [-0.2, -0.15) is 0 Å². The van der Waals surface area contributed by atoms with Gasteiger partial charge in [0.05, 0.1) is 0 Å². The summed E-state index contributed by atoms with van der Waals surface area (Å²) >= 11 is 0. The van der Waals surface area contributed by atoms with E-state index in [4.69, 9.17) is 4.74 Å². The minimum atomic E-state index is -0.306. The summed E-state index contributed by atoms with van der Waals surface area (Å²) in [6, 6.07) is 9.77. The normalized spacial score (nSPS) is 16.2. The highest BCUT2D eigenvalue weighted by Gasteiger charge is 2.11. The summed E-state index contributed by atoms with van der Waals surface area (Å²) in [5, 5.41) is 2.85. The Bertz CT molecular complexity index is 397. The molecule has 21 heavy (non-hydrogen) atoms. The first kappa shape index (κ1) is 15.9. The molecule has 1 aromatic rings. The van der Waals surface area contributed by atoms with Crippen molar-refractivity contribution in [2.75, 3.05) is 6.54 Å². The van der Waals surface area contributed by atoms with Crippen molar-refractivity contribution in [1.29, 1.82) is 0 Å². The van der Waals surface area contributed by atoms with Crippen LogP contribution in [0.15, 0.2) is 30.3 Å². The summed E-state index contributed by atoms with van der Waals surface area (Å²) in [7, 11) is 0. The van der Waals surface area contributed by atoms with E-state index >= 15 is 0 Å². The monoisotopic (exact) mass is 289 g/mol. The first-order valence-electron chi connectivity index (χ1n) is 8.29. The highest BCUT2D eigenvalue weighted by molar-refractivity contribution is 5.67. The number of benzene rings is 1. The number of amides is 1. The number of nitrogens with one attached hydrogen (secondary N) is 1. The molecule has 1 aliphatic carbocycles. The first-order valence-corrected chi connectivity index (χ1v) is 8.29. The second-order valence-electron chi connectivity index (χ2n) is 5.99. The van der Waals surface area contributed by atoms with E-state index in [0.717, 1.165) is 24.4 Å². The van der Waals surface area contributed by atoms with Gasteiger partial charge < -0.3 is 10.1 Å². The van der Waals surface area contributed by atoms with Crippen LogP contribution >= 0.6 is 0 Å². The van der Waals surface area contributed by atoms with Crippen LogP contribution in [-0.2, 0) is 11.3 Å². The Hall–Kier alpha value is -1.51. The van der Waals surface area contributed by atoms with E-state index in [1.54, 1.807) is 0 Å². The molecular formula is C18H27NO2. The van der Waals surface area contributed by atoms with Gasteiger partial charge in [0.15, 0.2) is 0 Å². The molecule has 0 atom stereocenters. The molecule has 1 saturated carbocycles. The third-order valence-electron chi connectivity index (χ3n) is 4.25. The maximum atomic E-state index is 11.6. The summed E-state index contributed by atoms with van der Waals surface area (Å²) in [5.41, 5.74) is 1.02. The van der Waals surface area contributed by atoms with Crippen LogP contribution in [0.5, 0.6) is 0 Å². The maximum absolute atomic E-state index is 11.6. The van der Waals surface area contributed by atoms with Crippen molar-refractivity contribution < 1.29 is 9.53 Å². The summed E-state index contributed by atoms with van der Waals surface area (Å²) in [4.78, 5) is 11.6. The lowest BCUT2D eigenvalue weighted by Gasteiger charge is -2.13. The maximum Gasteiger partial charge on any atom is 0.407 e. The van der Waals surface area contributed by atoms with Crippen molar-refractivity contribution in [2.45, 2.75) is 58.0 Å². The van der Waals surface area contributed by atoms with Gasteiger partial charge in [0.25, 0.3) is 0 Å². The van der Waals surface area contributed by atoms with Crippen LogP contribution in [0.2, 0.25) is 0 Å². The van der Waals surface area contributed by atoms with E-state index < -0.39 is 0 Å². The van der Waals surface area contributed by atoms with E-state index in [9.17, 15) is 4.79 Å². The van der Waals surface area contributed by atoms with Crippen LogP contribution in [0, 0.1) is 5.92 Å². The summed E-state index contributed by atoms with van der Waals surface area (Å²) in [6.45, 7) is 1.07. The van der Waals surface area contributed by atoms with Crippen LogP contribution < -0.4 is 5.32 Å². The SMILES string of the molecule is O=C(NCCCC1CCCCCC1)OCc1ccccc1. The zero-order valence-corrected chi connectivity index (χ0v) is 12.9. The van der Waals surface area contributed by atoms with E-state index in [2.05, 4.69) is 5.32 Å². The van der Waals surface area contributed by atoms with Crippen LogP contribution in [-0.4, -0.2) is 12.6 Å². The zero-order valence-electron chi connectivity index (χ0n) is 12.9. The zero-order chi connectivity index (χ0) is 14.8. The number of rotatable bonds is 6. The second-order valence-corrected chi connectivity index (χ2v) is 5.99. The molecule has 3 heteroatoms. The molecule has 3 nitrogen and oxygen atoms in total. The van der Waals surface area contributed by atoms with Gasteiger partial charge in [-0.3, -0.25) is 0 Å². The third kappa shape index (κ3) is 6.65. The van der Waals surface area contributed by atoms with Gasteiger partial charge in [-0.15, -0.1) is 0 Å². The number of hydrogen-bond acceptors (Lipinski definition) is 2. The molecule has 0 radical (unpaired) electrons. The van der Waals surface area contributed by atoms with Crippen molar-refractivity contribution in [3.8, 4) is 0 Å². The van der Waals surface area contributed by atoms with Gasteiger partial charge in [-0.05, 0) is 24.3 Å². The fourth-order valence-electron chi connectivity index (χ4n) is 3.01. The molecule has 1 fully saturated rings. The molecule has 0 heterocycles. The lowest BCUT2D eigenvalue weighted by atomic mass is 9.95. The number of carbonyl (C=O) groups excluding carboxylic acids is 1.